The van der Waals surface area contributed by atoms with E-state index in [0.29, 0.717) is 16.5 Å². The molecule has 1 N–H and O–H groups in total. The highest BCUT2D eigenvalue weighted by Crippen LogP contribution is 2.28. The van der Waals surface area contributed by atoms with Gasteiger partial charge in [0.05, 0.1) is 5.69 Å². The number of nitrogens with one attached hydrogen (secondary N) is 1. The average molecular weight is 447 g/mol. The van der Waals surface area contributed by atoms with Gasteiger partial charge in [0.25, 0.3) is 0 Å². The molecule has 160 valence electrons. The highest BCUT2D eigenvalue weighted by Gasteiger charge is 2.19. The van der Waals surface area contributed by atoms with Crippen LogP contribution in [0, 0.1) is 6.92 Å². The second-order valence-corrected chi connectivity index (χ2v) is 10.3. The van der Waals surface area contributed by atoms with Crippen molar-refractivity contribution < 1.29 is 12.9 Å². The third-order valence-corrected chi connectivity index (χ3v) is 8.09. The first-order valence-corrected chi connectivity index (χ1v) is 12.4. The summed E-state index contributed by atoms with van der Waals surface area (Å²) < 4.78 is 33.4. The lowest BCUT2D eigenvalue weighted by molar-refractivity contribution is 0.255. The molecule has 1 fully saturated rings. The Morgan fingerprint density at radius 3 is 2.60 bits per heavy atom. The van der Waals surface area contributed by atoms with Gasteiger partial charge in [0, 0.05) is 55.4 Å². The molecule has 0 saturated carbocycles. The van der Waals surface area contributed by atoms with Crippen molar-refractivity contribution in [3.05, 3.63) is 53.5 Å². The zero-order valence-electron chi connectivity index (χ0n) is 17.0. The number of aromatic nitrogens is 1. The van der Waals surface area contributed by atoms with Crippen LogP contribution in [0.25, 0.3) is 11.3 Å². The summed E-state index contributed by atoms with van der Waals surface area (Å²) in [5.74, 6) is 0.583. The van der Waals surface area contributed by atoms with Crippen molar-refractivity contribution in [2.75, 3.05) is 44.2 Å². The molecule has 1 aliphatic rings. The molecule has 30 heavy (non-hydrogen) atoms. The van der Waals surface area contributed by atoms with E-state index in [9.17, 15) is 8.42 Å². The van der Waals surface area contributed by atoms with Crippen molar-refractivity contribution in [3.8, 4) is 11.3 Å². The van der Waals surface area contributed by atoms with Crippen LogP contribution in [-0.4, -0.2) is 57.7 Å². The van der Waals surface area contributed by atoms with Gasteiger partial charge in [0.1, 0.15) is 4.21 Å². The molecule has 2 aromatic heterocycles. The smallest absolute Gasteiger partial charge is 0.250 e. The topological polar surface area (TPSA) is 78.7 Å². The number of nitrogens with zero attached hydrogens (tertiary/aromatic N) is 3. The van der Waals surface area contributed by atoms with E-state index in [1.165, 1.54) is 17.0 Å². The Labute approximate surface area is 181 Å². The van der Waals surface area contributed by atoms with Crippen molar-refractivity contribution in [2.24, 2.45) is 0 Å². The van der Waals surface area contributed by atoms with E-state index in [2.05, 4.69) is 43.9 Å². The molecule has 0 unspecified atom stereocenters. The van der Waals surface area contributed by atoms with Gasteiger partial charge in [-0.05, 0) is 38.1 Å². The molecular weight excluding hydrogens is 420 g/mol. The van der Waals surface area contributed by atoms with Crippen molar-refractivity contribution in [1.82, 2.24) is 14.8 Å². The van der Waals surface area contributed by atoms with Gasteiger partial charge in [-0.25, -0.2) is 13.1 Å². The Morgan fingerprint density at radius 1 is 1.13 bits per heavy atom. The Bertz CT molecular complexity index is 1050. The van der Waals surface area contributed by atoms with Crippen molar-refractivity contribution >= 4 is 27.0 Å². The molecule has 1 aliphatic heterocycles. The number of hydrogen-bond donors (Lipinski definition) is 1. The lowest BCUT2D eigenvalue weighted by Gasteiger charge is -2.36. The van der Waals surface area contributed by atoms with Gasteiger partial charge in [0.2, 0.25) is 10.0 Å². The zero-order valence-corrected chi connectivity index (χ0v) is 18.6. The van der Waals surface area contributed by atoms with Crippen LogP contribution in [0.3, 0.4) is 0 Å². The molecule has 0 atom stereocenters. The largest absolute Gasteiger partial charge is 0.369 e. The molecule has 0 amide bonds. The Balaban J connectivity index is 1.21. The predicted octanol–water partition coefficient (Wildman–Crippen LogP) is 3.20. The molecule has 1 aromatic carbocycles. The third-order valence-electron chi connectivity index (χ3n) is 5.19. The van der Waals surface area contributed by atoms with Crippen molar-refractivity contribution in [3.63, 3.8) is 0 Å². The van der Waals surface area contributed by atoms with Crippen LogP contribution in [0.1, 0.15) is 12.1 Å². The predicted molar refractivity (Wildman–Crippen MR) is 119 cm³/mol. The second-order valence-electron chi connectivity index (χ2n) is 7.40. The fourth-order valence-electron chi connectivity index (χ4n) is 3.54. The number of sulfonamides is 1. The normalized spacial score (nSPS) is 15.6. The SMILES string of the molecule is Cc1cc(-c2csc(S(=O)(=O)NCCCN3CCN(c4ccccc4)CC3)c2)on1. The first kappa shape index (κ1) is 21.0. The molecule has 1 saturated heterocycles. The number of aryl methyl sites for hydroxylation is 1. The monoisotopic (exact) mass is 446 g/mol. The average Bonchev–Trinajstić information content (AvgIpc) is 3.42. The summed E-state index contributed by atoms with van der Waals surface area (Å²) in [6, 6.07) is 13.9. The van der Waals surface area contributed by atoms with Crippen molar-refractivity contribution in [1.29, 1.82) is 0 Å². The van der Waals surface area contributed by atoms with Crippen LogP contribution >= 0.6 is 11.3 Å². The molecule has 3 aromatic rings. The van der Waals surface area contributed by atoms with E-state index >= 15 is 0 Å². The van der Waals surface area contributed by atoms with E-state index in [1.807, 2.05) is 13.0 Å². The van der Waals surface area contributed by atoms with E-state index in [1.54, 1.807) is 17.5 Å². The van der Waals surface area contributed by atoms with Gasteiger partial charge in [0.15, 0.2) is 5.76 Å². The first-order chi connectivity index (χ1) is 14.5. The second kappa shape index (κ2) is 9.30. The lowest BCUT2D eigenvalue weighted by Crippen LogP contribution is -2.47. The molecule has 9 heteroatoms. The van der Waals surface area contributed by atoms with Crippen LogP contribution in [0.5, 0.6) is 0 Å². The highest BCUT2D eigenvalue weighted by atomic mass is 32.2. The molecule has 0 aliphatic carbocycles. The number of thiophene rings is 1. The maximum absolute atomic E-state index is 12.6. The van der Waals surface area contributed by atoms with Gasteiger partial charge in [-0.3, -0.25) is 4.90 Å². The molecular formula is C21H26N4O3S2. The summed E-state index contributed by atoms with van der Waals surface area (Å²) in [4.78, 5) is 4.78. The molecule has 3 heterocycles. The number of anilines is 1. The van der Waals surface area contributed by atoms with Gasteiger partial charge in [-0.1, -0.05) is 23.4 Å². The molecule has 4 rings (SSSR count). The highest BCUT2D eigenvalue weighted by molar-refractivity contribution is 7.91. The van der Waals surface area contributed by atoms with Crippen LogP contribution in [0.15, 0.2) is 56.6 Å². The maximum Gasteiger partial charge on any atom is 0.250 e. The minimum atomic E-state index is -3.51. The maximum atomic E-state index is 12.6. The minimum Gasteiger partial charge on any atom is -0.369 e. The number of piperazine rings is 1. The lowest BCUT2D eigenvalue weighted by atomic mass is 10.2. The number of rotatable bonds is 8. The standard InChI is InChI=1S/C21H26N4O3S2/c1-17-14-20(28-23-17)18-15-21(29-16-18)30(26,27)22-8-5-9-24-10-12-25(13-11-24)19-6-3-2-4-7-19/h2-4,6-7,14-16,22H,5,8-13H2,1H3. The fraction of sp³-hybridized carbons (Fsp3) is 0.381. The summed E-state index contributed by atoms with van der Waals surface area (Å²) in [6.07, 6.45) is 0.782. The quantitative estimate of drug-likeness (QED) is 0.536. The number of benzene rings is 1. The Kier molecular flexibility index (Phi) is 6.52. The first-order valence-electron chi connectivity index (χ1n) is 10.1. The minimum absolute atomic E-state index is 0.294. The van der Waals surface area contributed by atoms with E-state index in [0.717, 1.165) is 50.4 Å². The molecule has 0 bridgehead atoms. The Hall–Kier alpha value is -2.20. The van der Waals surface area contributed by atoms with Crippen LogP contribution in [0.2, 0.25) is 0 Å². The van der Waals surface area contributed by atoms with Crippen LogP contribution in [0.4, 0.5) is 5.69 Å². The van der Waals surface area contributed by atoms with Gasteiger partial charge >= 0.3 is 0 Å². The van der Waals surface area contributed by atoms with Gasteiger partial charge in [-0.2, -0.15) is 0 Å². The zero-order chi connectivity index (χ0) is 21.0. The van der Waals surface area contributed by atoms with Gasteiger partial charge < -0.3 is 9.42 Å². The third kappa shape index (κ3) is 5.10. The van der Waals surface area contributed by atoms with Crippen LogP contribution in [-0.2, 0) is 10.0 Å². The fourth-order valence-corrected chi connectivity index (χ4v) is 5.82. The molecule has 7 nitrogen and oxygen atoms in total. The Morgan fingerprint density at radius 2 is 1.90 bits per heavy atom. The van der Waals surface area contributed by atoms with Crippen molar-refractivity contribution in [2.45, 2.75) is 17.6 Å². The summed E-state index contributed by atoms with van der Waals surface area (Å²) >= 11 is 1.19. The van der Waals surface area contributed by atoms with E-state index in [-0.39, 0.29) is 0 Å². The number of para-hydroxylation sites is 1. The summed E-state index contributed by atoms with van der Waals surface area (Å²) in [7, 11) is -3.51. The summed E-state index contributed by atoms with van der Waals surface area (Å²) in [5.41, 5.74) is 2.77. The summed E-state index contributed by atoms with van der Waals surface area (Å²) in [6.45, 7) is 7.12. The van der Waals surface area contributed by atoms with Crippen LogP contribution < -0.4 is 9.62 Å². The molecule has 0 spiro atoms. The number of hydrogen-bond acceptors (Lipinski definition) is 7. The van der Waals surface area contributed by atoms with Gasteiger partial charge in [-0.15, -0.1) is 11.3 Å². The van der Waals surface area contributed by atoms with E-state index < -0.39 is 10.0 Å². The molecule has 0 radical (unpaired) electrons. The van der Waals surface area contributed by atoms with E-state index in [4.69, 9.17) is 4.52 Å². The summed E-state index contributed by atoms with van der Waals surface area (Å²) in [5, 5.41) is 5.63.